The van der Waals surface area contributed by atoms with Crippen molar-refractivity contribution in [3.8, 4) is 0 Å². The average molecular weight is 332 g/mol. The van der Waals surface area contributed by atoms with Crippen LogP contribution in [0.4, 0.5) is 5.69 Å². The molecule has 0 amide bonds. The summed E-state index contributed by atoms with van der Waals surface area (Å²) >= 11 is 9.93. The lowest BCUT2D eigenvalue weighted by Gasteiger charge is -2.38. The Bertz CT molecular complexity index is 411. The molecule has 0 N–H and O–H groups in total. The molecule has 0 saturated carbocycles. The zero-order valence-electron chi connectivity index (χ0n) is 11.0. The fraction of sp³-hybridized carbons (Fsp3) is 0.571. The van der Waals surface area contributed by atoms with E-state index in [1.165, 1.54) is 30.6 Å². The predicted molar refractivity (Wildman–Crippen MR) is 83.0 cm³/mol. The highest BCUT2D eigenvalue weighted by atomic mass is 79.9. The van der Waals surface area contributed by atoms with Crippen molar-refractivity contribution in [3.05, 3.63) is 28.8 Å². The zero-order valence-corrected chi connectivity index (χ0v) is 13.3. The molecule has 1 aromatic carbocycles. The number of nitrogens with zero attached hydrogens (tertiary/aromatic N) is 2. The first-order valence-electron chi connectivity index (χ1n) is 6.38. The molecule has 18 heavy (non-hydrogen) atoms. The van der Waals surface area contributed by atoms with Crippen LogP contribution in [0.25, 0.3) is 0 Å². The second-order valence-corrected chi connectivity index (χ2v) is 6.02. The molecule has 1 saturated heterocycles. The molecule has 1 aliphatic rings. The Kier molecular flexibility index (Phi) is 4.93. The minimum Gasteiger partial charge on any atom is -0.369 e. The first kappa shape index (κ1) is 14.2. The molecule has 1 heterocycles. The van der Waals surface area contributed by atoms with E-state index in [1.54, 1.807) is 0 Å². The van der Waals surface area contributed by atoms with Gasteiger partial charge >= 0.3 is 0 Å². The predicted octanol–water partition coefficient (Wildman–Crippen LogP) is 3.77. The van der Waals surface area contributed by atoms with Gasteiger partial charge in [0.25, 0.3) is 0 Å². The van der Waals surface area contributed by atoms with Crippen LogP contribution in [-0.2, 0) is 5.33 Å². The summed E-state index contributed by atoms with van der Waals surface area (Å²) in [6.07, 6.45) is 2.51. The lowest BCUT2D eigenvalue weighted by Crippen LogP contribution is -2.45. The van der Waals surface area contributed by atoms with Crippen molar-refractivity contribution < 1.29 is 0 Å². The van der Waals surface area contributed by atoms with Crippen molar-refractivity contribution in [2.75, 3.05) is 32.1 Å². The molecule has 1 atom stereocenters. The maximum atomic E-state index is 6.38. The van der Waals surface area contributed by atoms with Gasteiger partial charge in [-0.3, -0.25) is 0 Å². The summed E-state index contributed by atoms with van der Waals surface area (Å²) in [5.74, 6) is 0. The summed E-state index contributed by atoms with van der Waals surface area (Å²) in [5, 5.41) is 1.69. The van der Waals surface area contributed by atoms with Gasteiger partial charge in [-0.05, 0) is 38.1 Å². The van der Waals surface area contributed by atoms with Gasteiger partial charge in [-0.1, -0.05) is 39.7 Å². The number of hydrogen-bond donors (Lipinski definition) is 0. The van der Waals surface area contributed by atoms with E-state index in [1.807, 2.05) is 12.1 Å². The van der Waals surface area contributed by atoms with Crippen LogP contribution in [0.1, 0.15) is 18.4 Å². The molecule has 100 valence electrons. The van der Waals surface area contributed by atoms with E-state index in [-0.39, 0.29) is 0 Å². The lowest BCUT2D eigenvalue weighted by atomic mass is 10.0. The van der Waals surface area contributed by atoms with Crippen molar-refractivity contribution in [3.63, 3.8) is 0 Å². The largest absolute Gasteiger partial charge is 0.369 e. The summed E-state index contributed by atoms with van der Waals surface area (Å²) in [6, 6.07) is 6.69. The van der Waals surface area contributed by atoms with Gasteiger partial charge in [0.15, 0.2) is 0 Å². The van der Waals surface area contributed by atoms with Crippen LogP contribution in [0.15, 0.2) is 18.2 Å². The van der Waals surface area contributed by atoms with E-state index in [2.05, 4.69) is 45.9 Å². The molecule has 0 radical (unpaired) electrons. The summed E-state index contributed by atoms with van der Waals surface area (Å²) in [6.45, 7) is 2.32. The molecule has 0 aromatic heterocycles. The number of piperidine rings is 1. The highest BCUT2D eigenvalue weighted by Crippen LogP contribution is 2.33. The Hall–Kier alpha value is -0.250. The van der Waals surface area contributed by atoms with Crippen LogP contribution in [0.3, 0.4) is 0 Å². The van der Waals surface area contributed by atoms with Gasteiger partial charge in [-0.2, -0.15) is 0 Å². The zero-order chi connectivity index (χ0) is 13.1. The monoisotopic (exact) mass is 330 g/mol. The quantitative estimate of drug-likeness (QED) is 0.778. The van der Waals surface area contributed by atoms with Crippen molar-refractivity contribution >= 4 is 33.2 Å². The summed E-state index contributed by atoms with van der Waals surface area (Å²) in [5.41, 5.74) is 2.44. The summed E-state index contributed by atoms with van der Waals surface area (Å²) < 4.78 is 0. The smallest absolute Gasteiger partial charge is 0.0642 e. The average Bonchev–Trinajstić information content (AvgIpc) is 2.37. The van der Waals surface area contributed by atoms with Crippen LogP contribution >= 0.6 is 27.5 Å². The highest BCUT2D eigenvalue weighted by molar-refractivity contribution is 9.08. The minimum atomic E-state index is 0.557. The SMILES string of the molecule is CN1CCCC(N(C)c2c(Cl)cccc2CBr)C1. The molecular formula is C14H20BrClN2. The van der Waals surface area contributed by atoms with Gasteiger partial charge in [0, 0.05) is 25.0 Å². The summed E-state index contributed by atoms with van der Waals surface area (Å²) in [4.78, 5) is 4.75. The highest BCUT2D eigenvalue weighted by Gasteiger charge is 2.23. The Balaban J connectivity index is 2.24. The second-order valence-electron chi connectivity index (χ2n) is 5.05. The fourth-order valence-electron chi connectivity index (χ4n) is 2.70. The number of alkyl halides is 1. The molecule has 0 aliphatic carbocycles. The van der Waals surface area contributed by atoms with Crippen molar-refractivity contribution in [2.45, 2.75) is 24.2 Å². The minimum absolute atomic E-state index is 0.557. The number of likely N-dealkylation sites (tertiary alicyclic amines) is 1. The van der Waals surface area contributed by atoms with Crippen molar-refractivity contribution in [2.24, 2.45) is 0 Å². The third-order valence-electron chi connectivity index (χ3n) is 3.71. The molecule has 2 rings (SSSR count). The van der Waals surface area contributed by atoms with Crippen molar-refractivity contribution in [1.29, 1.82) is 0 Å². The number of benzene rings is 1. The van der Waals surface area contributed by atoms with E-state index in [9.17, 15) is 0 Å². The standard InChI is InChI=1S/C14H20BrClN2/c1-17-8-4-6-12(10-17)18(2)14-11(9-15)5-3-7-13(14)16/h3,5,7,12H,4,6,8-10H2,1-2H3. The van der Waals surface area contributed by atoms with E-state index in [0.717, 1.165) is 16.9 Å². The van der Waals surface area contributed by atoms with Gasteiger partial charge in [0.2, 0.25) is 0 Å². The van der Waals surface area contributed by atoms with Crippen LogP contribution in [0, 0.1) is 0 Å². The Labute approximate surface area is 123 Å². The van der Waals surface area contributed by atoms with Gasteiger partial charge in [0.05, 0.1) is 10.7 Å². The molecule has 2 nitrogen and oxygen atoms in total. The van der Waals surface area contributed by atoms with Crippen molar-refractivity contribution in [1.82, 2.24) is 4.90 Å². The number of rotatable bonds is 3. The molecule has 0 spiro atoms. The molecular weight excluding hydrogens is 312 g/mol. The van der Waals surface area contributed by atoms with Gasteiger partial charge in [-0.25, -0.2) is 0 Å². The molecule has 1 unspecified atom stereocenters. The number of anilines is 1. The maximum Gasteiger partial charge on any atom is 0.0642 e. The van der Waals surface area contributed by atoms with Gasteiger partial charge < -0.3 is 9.80 Å². The van der Waals surface area contributed by atoms with Crippen LogP contribution < -0.4 is 4.90 Å². The Morgan fingerprint density at radius 2 is 2.28 bits per heavy atom. The van der Waals surface area contributed by atoms with E-state index in [0.29, 0.717) is 6.04 Å². The van der Waals surface area contributed by atoms with E-state index >= 15 is 0 Å². The van der Waals surface area contributed by atoms with Crippen LogP contribution in [-0.4, -0.2) is 38.1 Å². The third-order valence-corrected chi connectivity index (χ3v) is 4.62. The number of hydrogen-bond acceptors (Lipinski definition) is 2. The Morgan fingerprint density at radius 3 is 2.94 bits per heavy atom. The van der Waals surface area contributed by atoms with E-state index in [4.69, 9.17) is 11.6 Å². The lowest BCUT2D eigenvalue weighted by molar-refractivity contribution is 0.248. The number of halogens is 2. The Morgan fingerprint density at radius 1 is 1.50 bits per heavy atom. The molecule has 1 fully saturated rings. The molecule has 1 aliphatic heterocycles. The molecule has 0 bridgehead atoms. The fourth-order valence-corrected chi connectivity index (χ4v) is 3.48. The van der Waals surface area contributed by atoms with Crippen LogP contribution in [0.2, 0.25) is 5.02 Å². The number of para-hydroxylation sites is 1. The van der Waals surface area contributed by atoms with Gasteiger partial charge in [0.1, 0.15) is 0 Å². The number of likely N-dealkylation sites (N-methyl/N-ethyl adjacent to an activating group) is 2. The second kappa shape index (κ2) is 6.27. The topological polar surface area (TPSA) is 6.48 Å². The first-order chi connectivity index (χ1) is 8.63. The maximum absolute atomic E-state index is 6.38. The molecule has 4 heteroatoms. The normalized spacial score (nSPS) is 21.0. The molecule has 1 aromatic rings. The van der Waals surface area contributed by atoms with Crippen LogP contribution in [0.5, 0.6) is 0 Å². The summed E-state index contributed by atoms with van der Waals surface area (Å²) in [7, 11) is 4.36. The van der Waals surface area contributed by atoms with Gasteiger partial charge in [-0.15, -0.1) is 0 Å². The third kappa shape index (κ3) is 3.01. The first-order valence-corrected chi connectivity index (χ1v) is 7.88. The van der Waals surface area contributed by atoms with E-state index < -0.39 is 0 Å².